The predicted molar refractivity (Wildman–Crippen MR) is 56.0 cm³/mol. The highest BCUT2D eigenvalue weighted by Gasteiger charge is 2.32. The molecule has 0 aromatic heterocycles. The summed E-state index contributed by atoms with van der Waals surface area (Å²) in [5.41, 5.74) is 0. The Labute approximate surface area is 99.1 Å². The minimum Gasteiger partial charge on any atom is -0.481 e. The summed E-state index contributed by atoms with van der Waals surface area (Å²) in [4.78, 5) is 32.7. The minimum atomic E-state index is -1.11. The number of amides is 1. The van der Waals surface area contributed by atoms with Crippen molar-refractivity contribution in [3.63, 3.8) is 0 Å². The predicted octanol–water partition coefficient (Wildman–Crippen LogP) is 0.167. The van der Waals surface area contributed by atoms with Crippen LogP contribution in [0.15, 0.2) is 0 Å². The Balaban J connectivity index is 4.07. The number of nitrogens with zero attached hydrogens (tertiary/aromatic N) is 1. The summed E-state index contributed by atoms with van der Waals surface area (Å²) in [6, 6.07) is 0. The van der Waals surface area contributed by atoms with Crippen molar-refractivity contribution in [2.75, 3.05) is 19.7 Å². The van der Waals surface area contributed by atoms with Crippen LogP contribution in [-0.4, -0.2) is 52.5 Å². The zero-order chi connectivity index (χ0) is 13.5. The summed E-state index contributed by atoms with van der Waals surface area (Å²) in [7, 11) is 0. The molecule has 1 amide bonds. The van der Waals surface area contributed by atoms with Crippen LogP contribution >= 0.6 is 0 Å². The molecule has 0 radical (unpaired) electrons. The van der Waals surface area contributed by atoms with Gasteiger partial charge in [-0.2, -0.15) is 0 Å². The molecule has 0 saturated carbocycles. The van der Waals surface area contributed by atoms with Crippen molar-refractivity contribution in [2.24, 2.45) is 0 Å². The summed E-state index contributed by atoms with van der Waals surface area (Å²) in [5.74, 6) is -2.50. The second-order valence-electron chi connectivity index (χ2n) is 3.50. The van der Waals surface area contributed by atoms with Crippen molar-refractivity contribution < 1.29 is 34.1 Å². The highest BCUT2D eigenvalue weighted by Crippen LogP contribution is 2.03. The number of quaternary nitrogens is 1. The second kappa shape index (κ2) is 6.97. The maximum Gasteiger partial charge on any atom is 0.383 e. The van der Waals surface area contributed by atoms with Crippen LogP contribution in [0.3, 0.4) is 0 Å². The molecule has 0 saturated heterocycles. The molecule has 98 valence electrons. The summed E-state index contributed by atoms with van der Waals surface area (Å²) < 4.78 is 3.78. The number of aliphatic carboxylic acids is 1. The molecule has 0 unspecified atom stereocenters. The molecule has 0 aliphatic heterocycles. The fourth-order valence-corrected chi connectivity index (χ4v) is 1.12. The Hall–Kier alpha value is -1.47. The van der Waals surface area contributed by atoms with E-state index in [1.54, 1.807) is 13.8 Å². The number of carbonyl (C=O) groups is 3. The van der Waals surface area contributed by atoms with Crippen LogP contribution in [0.5, 0.6) is 0 Å². The van der Waals surface area contributed by atoms with Gasteiger partial charge in [-0.15, -0.1) is 4.65 Å². The van der Waals surface area contributed by atoms with Crippen molar-refractivity contribution in [1.29, 1.82) is 0 Å². The summed E-state index contributed by atoms with van der Waals surface area (Å²) in [6.07, 6.45) is -0.625. The topological polar surface area (TPSA) is 101 Å². The molecule has 0 rings (SSSR count). The van der Waals surface area contributed by atoms with E-state index in [1.807, 2.05) is 0 Å². The van der Waals surface area contributed by atoms with E-state index in [-0.39, 0.29) is 25.9 Å². The number of carboxylic acid groups (broad SMARTS) is 1. The number of esters is 1. The highest BCUT2D eigenvalue weighted by molar-refractivity contribution is 5.79. The monoisotopic (exact) mass is 248 g/mol. The third-order valence-electron chi connectivity index (χ3n) is 2.41. The molecule has 7 nitrogen and oxygen atoms in total. The average molecular weight is 248 g/mol. The van der Waals surface area contributed by atoms with Crippen molar-refractivity contribution in [3.05, 3.63) is 0 Å². The molecule has 0 fully saturated rings. The molecule has 0 aliphatic rings. The van der Waals surface area contributed by atoms with Crippen molar-refractivity contribution in [2.45, 2.75) is 26.7 Å². The maximum atomic E-state index is 11.5. The number of rotatable bonds is 7. The van der Waals surface area contributed by atoms with Gasteiger partial charge in [0.25, 0.3) is 0 Å². The summed E-state index contributed by atoms with van der Waals surface area (Å²) >= 11 is 0. The van der Waals surface area contributed by atoms with Gasteiger partial charge in [0.2, 0.25) is 6.61 Å². The van der Waals surface area contributed by atoms with Crippen LogP contribution in [0.1, 0.15) is 26.7 Å². The smallest absolute Gasteiger partial charge is 0.383 e. The molecule has 0 spiro atoms. The second-order valence-corrected chi connectivity index (χ2v) is 3.50. The van der Waals surface area contributed by atoms with Crippen LogP contribution in [0.25, 0.3) is 0 Å². The Morgan fingerprint density at radius 3 is 2.06 bits per heavy atom. The van der Waals surface area contributed by atoms with E-state index < -0.39 is 29.1 Å². The first kappa shape index (κ1) is 15.5. The van der Waals surface area contributed by atoms with Gasteiger partial charge in [-0.3, -0.25) is 9.59 Å². The third-order valence-corrected chi connectivity index (χ3v) is 2.41. The maximum absolute atomic E-state index is 11.5. The Morgan fingerprint density at radius 2 is 1.65 bits per heavy atom. The zero-order valence-corrected chi connectivity index (χ0v) is 10.0. The first-order valence-electron chi connectivity index (χ1n) is 5.36. The fourth-order valence-electron chi connectivity index (χ4n) is 1.12. The molecule has 7 heteroatoms. The Kier molecular flexibility index (Phi) is 6.37. The molecule has 0 aromatic rings. The number of hydrogen-bond donors (Lipinski definition) is 2. The summed E-state index contributed by atoms with van der Waals surface area (Å²) in [6.45, 7) is 3.09. The average Bonchev–Trinajstić information content (AvgIpc) is 2.32. The summed E-state index contributed by atoms with van der Waals surface area (Å²) in [5, 5.41) is 18.1. The molecule has 0 atom stereocenters. The normalized spacial score (nSPS) is 11.0. The lowest BCUT2D eigenvalue weighted by molar-refractivity contribution is -1.04. The van der Waals surface area contributed by atoms with Crippen LogP contribution in [-0.2, 0) is 19.1 Å². The number of likely N-dealkylation sites (N-methyl/N-ethyl adjacent to an activating group) is 1. The number of carboxylic acids is 1. The van der Waals surface area contributed by atoms with E-state index in [0.717, 1.165) is 0 Å². The van der Waals surface area contributed by atoms with Gasteiger partial charge in [-0.05, 0) is 13.8 Å². The lowest BCUT2D eigenvalue weighted by Crippen LogP contribution is -2.51. The molecule has 0 heterocycles. The third kappa shape index (κ3) is 5.41. The SMILES string of the molecule is CC[N+](O)(CC)C(=O)COC(=O)CCC(=O)O. The largest absolute Gasteiger partial charge is 0.481 e. The lowest BCUT2D eigenvalue weighted by Gasteiger charge is -2.23. The van der Waals surface area contributed by atoms with Gasteiger partial charge in [0.15, 0.2) is 0 Å². The number of ether oxygens (including phenoxy) is 1. The van der Waals surface area contributed by atoms with E-state index >= 15 is 0 Å². The quantitative estimate of drug-likeness (QED) is 0.288. The molecule has 0 aromatic carbocycles. The zero-order valence-electron chi connectivity index (χ0n) is 10.0. The Bertz CT molecular complexity index is 297. The number of hydroxylamine groups is 3. The molecular weight excluding hydrogens is 230 g/mol. The van der Waals surface area contributed by atoms with E-state index in [1.165, 1.54) is 0 Å². The van der Waals surface area contributed by atoms with Gasteiger partial charge in [0.05, 0.1) is 12.8 Å². The molecule has 0 bridgehead atoms. The van der Waals surface area contributed by atoms with Crippen LogP contribution in [0.4, 0.5) is 0 Å². The minimum absolute atomic E-state index is 0.183. The van der Waals surface area contributed by atoms with Crippen molar-refractivity contribution in [1.82, 2.24) is 0 Å². The molecule has 0 aliphatic carbocycles. The Morgan fingerprint density at radius 1 is 1.12 bits per heavy atom. The standard InChI is InChI=1S/C10H17NO6/c1-3-11(16,4-2)8(12)7-17-10(15)6-5-9(13)14/h16H,3-7H2,1-2H3/p+1. The van der Waals surface area contributed by atoms with Gasteiger partial charge in [-0.25, -0.2) is 10.0 Å². The number of carbonyl (C=O) groups excluding carboxylic acids is 2. The van der Waals surface area contributed by atoms with Gasteiger partial charge in [0, 0.05) is 0 Å². The van der Waals surface area contributed by atoms with Crippen molar-refractivity contribution in [3.8, 4) is 0 Å². The fraction of sp³-hybridized carbons (Fsp3) is 0.700. The van der Waals surface area contributed by atoms with E-state index in [9.17, 15) is 19.6 Å². The van der Waals surface area contributed by atoms with Crippen LogP contribution < -0.4 is 0 Å². The van der Waals surface area contributed by atoms with E-state index in [0.29, 0.717) is 0 Å². The van der Waals surface area contributed by atoms with Gasteiger partial charge in [-0.1, -0.05) is 0 Å². The van der Waals surface area contributed by atoms with Crippen molar-refractivity contribution >= 4 is 17.8 Å². The van der Waals surface area contributed by atoms with Gasteiger partial charge >= 0.3 is 17.8 Å². The first-order valence-corrected chi connectivity index (χ1v) is 5.36. The molecule has 2 N–H and O–H groups in total. The molecular formula is C10H18NO6+. The number of hydrogen-bond acceptors (Lipinski definition) is 5. The molecule has 17 heavy (non-hydrogen) atoms. The van der Waals surface area contributed by atoms with Crippen LogP contribution in [0.2, 0.25) is 0 Å². The van der Waals surface area contributed by atoms with E-state index in [4.69, 9.17) is 5.11 Å². The van der Waals surface area contributed by atoms with Gasteiger partial charge in [0.1, 0.15) is 13.1 Å². The first-order chi connectivity index (χ1) is 7.85. The van der Waals surface area contributed by atoms with Gasteiger partial charge < -0.3 is 9.84 Å². The highest BCUT2D eigenvalue weighted by atomic mass is 16.6. The van der Waals surface area contributed by atoms with Crippen LogP contribution in [0, 0.1) is 0 Å². The van der Waals surface area contributed by atoms with E-state index in [2.05, 4.69) is 4.74 Å². The lowest BCUT2D eigenvalue weighted by atomic mass is 10.3.